The highest BCUT2D eigenvalue weighted by Gasteiger charge is 2.28. The minimum atomic E-state index is 0.769. The van der Waals surface area contributed by atoms with E-state index in [4.69, 9.17) is 0 Å². The lowest BCUT2D eigenvalue weighted by molar-refractivity contribution is 0.317. The van der Waals surface area contributed by atoms with E-state index in [1.54, 1.807) is 0 Å². The van der Waals surface area contributed by atoms with Gasteiger partial charge in [-0.2, -0.15) is 0 Å². The first kappa shape index (κ1) is 11.9. The molecule has 98 valence electrons. The third kappa shape index (κ3) is 2.48. The van der Waals surface area contributed by atoms with Gasteiger partial charge in [-0.15, -0.1) is 0 Å². The van der Waals surface area contributed by atoms with Gasteiger partial charge >= 0.3 is 0 Å². The van der Waals surface area contributed by atoms with E-state index < -0.39 is 0 Å². The molecule has 0 amide bonds. The van der Waals surface area contributed by atoms with Gasteiger partial charge in [0.2, 0.25) is 5.95 Å². The molecule has 0 aromatic carbocycles. The fourth-order valence-electron chi connectivity index (χ4n) is 3.20. The summed E-state index contributed by atoms with van der Waals surface area (Å²) in [6.07, 6.45) is 7.13. The van der Waals surface area contributed by atoms with E-state index in [9.17, 15) is 0 Å². The summed E-state index contributed by atoms with van der Waals surface area (Å²) in [7, 11) is 0. The van der Waals surface area contributed by atoms with E-state index in [2.05, 4.69) is 20.2 Å². The molecule has 1 N–H and O–H groups in total. The molecule has 0 bridgehead atoms. The van der Waals surface area contributed by atoms with Crippen molar-refractivity contribution < 1.29 is 0 Å². The number of anilines is 1. The summed E-state index contributed by atoms with van der Waals surface area (Å²) in [5, 5.41) is 3.64. The summed E-state index contributed by atoms with van der Waals surface area (Å²) in [4.78, 5) is 11.2. The maximum absolute atomic E-state index is 4.52. The van der Waals surface area contributed by atoms with E-state index in [1.807, 2.05) is 19.2 Å². The fourth-order valence-corrected chi connectivity index (χ4v) is 3.20. The normalized spacial score (nSPS) is 25.6. The predicted molar refractivity (Wildman–Crippen MR) is 72.7 cm³/mol. The van der Waals surface area contributed by atoms with Crippen LogP contribution in [0, 0.1) is 12.8 Å². The summed E-state index contributed by atoms with van der Waals surface area (Å²) < 4.78 is 0. The molecule has 0 aliphatic carbocycles. The SMILES string of the molecule is Cc1ccnc(N2CCC([C@H]3CCCN3)CC2)n1. The van der Waals surface area contributed by atoms with Crippen molar-refractivity contribution in [3.63, 3.8) is 0 Å². The van der Waals surface area contributed by atoms with E-state index >= 15 is 0 Å². The zero-order chi connectivity index (χ0) is 12.4. The third-order valence-electron chi connectivity index (χ3n) is 4.27. The van der Waals surface area contributed by atoms with Crippen LogP contribution >= 0.6 is 0 Å². The molecule has 2 aliphatic heterocycles. The number of aromatic nitrogens is 2. The minimum Gasteiger partial charge on any atom is -0.341 e. The molecule has 4 heteroatoms. The monoisotopic (exact) mass is 246 g/mol. The summed E-state index contributed by atoms with van der Waals surface area (Å²) in [5.74, 6) is 1.77. The van der Waals surface area contributed by atoms with Gasteiger partial charge in [-0.05, 0) is 51.1 Å². The second-order valence-corrected chi connectivity index (χ2v) is 5.53. The van der Waals surface area contributed by atoms with Crippen LogP contribution in [0.5, 0.6) is 0 Å². The number of piperidine rings is 1. The second kappa shape index (κ2) is 5.22. The zero-order valence-electron chi connectivity index (χ0n) is 11.1. The smallest absolute Gasteiger partial charge is 0.225 e. The predicted octanol–water partition coefficient (Wildman–Crippen LogP) is 1.75. The third-order valence-corrected chi connectivity index (χ3v) is 4.27. The van der Waals surface area contributed by atoms with Gasteiger partial charge in [-0.25, -0.2) is 9.97 Å². The van der Waals surface area contributed by atoms with Crippen LogP contribution in [0.4, 0.5) is 5.95 Å². The first-order valence-electron chi connectivity index (χ1n) is 7.11. The van der Waals surface area contributed by atoms with Crippen LogP contribution in [0.3, 0.4) is 0 Å². The molecule has 2 fully saturated rings. The fraction of sp³-hybridized carbons (Fsp3) is 0.714. The summed E-state index contributed by atoms with van der Waals surface area (Å²) >= 11 is 0. The molecule has 1 atom stereocenters. The van der Waals surface area contributed by atoms with E-state index in [0.29, 0.717) is 0 Å². The van der Waals surface area contributed by atoms with Crippen molar-refractivity contribution in [2.24, 2.45) is 5.92 Å². The van der Waals surface area contributed by atoms with Crippen LogP contribution in [0.1, 0.15) is 31.4 Å². The van der Waals surface area contributed by atoms with Gasteiger partial charge in [0.15, 0.2) is 0 Å². The van der Waals surface area contributed by atoms with Crippen molar-refractivity contribution in [3.05, 3.63) is 18.0 Å². The molecule has 3 rings (SSSR count). The molecule has 1 aromatic heterocycles. The quantitative estimate of drug-likeness (QED) is 0.863. The molecular formula is C14H22N4. The average molecular weight is 246 g/mol. The molecule has 2 aliphatic rings. The molecule has 1 aromatic rings. The Labute approximate surface area is 109 Å². The Morgan fingerprint density at radius 3 is 2.78 bits per heavy atom. The summed E-state index contributed by atoms with van der Waals surface area (Å²) in [6.45, 7) is 5.45. The lowest BCUT2D eigenvalue weighted by Crippen LogP contribution is -2.41. The van der Waals surface area contributed by atoms with Crippen molar-refractivity contribution in [1.29, 1.82) is 0 Å². The lowest BCUT2D eigenvalue weighted by atomic mass is 9.89. The molecule has 3 heterocycles. The first-order chi connectivity index (χ1) is 8.83. The number of hydrogen-bond acceptors (Lipinski definition) is 4. The van der Waals surface area contributed by atoms with E-state index in [-0.39, 0.29) is 0 Å². The highest BCUT2D eigenvalue weighted by atomic mass is 15.3. The maximum Gasteiger partial charge on any atom is 0.225 e. The molecule has 0 saturated carbocycles. The van der Waals surface area contributed by atoms with Gasteiger partial charge in [-0.3, -0.25) is 0 Å². The lowest BCUT2D eigenvalue weighted by Gasteiger charge is -2.34. The number of hydrogen-bond donors (Lipinski definition) is 1. The Morgan fingerprint density at radius 1 is 1.28 bits per heavy atom. The summed E-state index contributed by atoms with van der Waals surface area (Å²) in [6, 6.07) is 2.73. The summed E-state index contributed by atoms with van der Waals surface area (Å²) in [5.41, 5.74) is 1.06. The maximum atomic E-state index is 4.52. The Hall–Kier alpha value is -1.16. The Morgan fingerprint density at radius 2 is 2.11 bits per heavy atom. The van der Waals surface area contributed by atoms with Gasteiger partial charge in [0, 0.05) is 31.0 Å². The molecule has 4 nitrogen and oxygen atoms in total. The van der Waals surface area contributed by atoms with Gasteiger partial charge in [0.1, 0.15) is 0 Å². The van der Waals surface area contributed by atoms with Crippen LogP contribution in [0.25, 0.3) is 0 Å². The number of nitrogens with one attached hydrogen (secondary N) is 1. The van der Waals surface area contributed by atoms with Crippen LogP contribution in [-0.4, -0.2) is 35.6 Å². The van der Waals surface area contributed by atoms with Gasteiger partial charge in [0.05, 0.1) is 0 Å². The number of aryl methyl sites for hydroxylation is 1. The van der Waals surface area contributed by atoms with Gasteiger partial charge < -0.3 is 10.2 Å². The highest BCUT2D eigenvalue weighted by Crippen LogP contribution is 2.26. The Kier molecular flexibility index (Phi) is 3.46. The number of rotatable bonds is 2. The highest BCUT2D eigenvalue weighted by molar-refractivity contribution is 5.30. The second-order valence-electron chi connectivity index (χ2n) is 5.53. The van der Waals surface area contributed by atoms with E-state index in [0.717, 1.165) is 36.7 Å². The van der Waals surface area contributed by atoms with Crippen LogP contribution in [-0.2, 0) is 0 Å². The molecule has 0 radical (unpaired) electrons. The largest absolute Gasteiger partial charge is 0.341 e. The average Bonchev–Trinajstić information content (AvgIpc) is 2.93. The molecule has 0 unspecified atom stereocenters. The molecule has 0 spiro atoms. The van der Waals surface area contributed by atoms with Gasteiger partial charge in [-0.1, -0.05) is 0 Å². The Bertz CT molecular complexity index is 393. The minimum absolute atomic E-state index is 0.769. The molecule has 2 saturated heterocycles. The topological polar surface area (TPSA) is 41.1 Å². The Balaban J connectivity index is 1.59. The zero-order valence-corrected chi connectivity index (χ0v) is 11.1. The van der Waals surface area contributed by atoms with Crippen molar-refractivity contribution in [1.82, 2.24) is 15.3 Å². The van der Waals surface area contributed by atoms with Crippen LogP contribution in [0.15, 0.2) is 12.3 Å². The van der Waals surface area contributed by atoms with Crippen molar-refractivity contribution in [2.45, 2.75) is 38.6 Å². The van der Waals surface area contributed by atoms with E-state index in [1.165, 1.54) is 32.2 Å². The van der Waals surface area contributed by atoms with Crippen LogP contribution < -0.4 is 10.2 Å². The van der Waals surface area contributed by atoms with Gasteiger partial charge in [0.25, 0.3) is 0 Å². The van der Waals surface area contributed by atoms with Crippen molar-refractivity contribution >= 4 is 5.95 Å². The number of nitrogens with zero attached hydrogens (tertiary/aromatic N) is 3. The van der Waals surface area contributed by atoms with Crippen molar-refractivity contribution in [3.8, 4) is 0 Å². The molecular weight excluding hydrogens is 224 g/mol. The first-order valence-corrected chi connectivity index (χ1v) is 7.11. The van der Waals surface area contributed by atoms with Crippen molar-refractivity contribution in [2.75, 3.05) is 24.5 Å². The van der Waals surface area contributed by atoms with Crippen LogP contribution in [0.2, 0.25) is 0 Å². The molecule has 18 heavy (non-hydrogen) atoms. The standard InChI is InChI=1S/C14H22N4/c1-11-4-8-16-14(17-11)18-9-5-12(6-10-18)13-3-2-7-15-13/h4,8,12-13,15H,2-3,5-7,9-10H2,1H3/t13-/m1/s1.